The fourth-order valence-corrected chi connectivity index (χ4v) is 7.04. The molecule has 41 heavy (non-hydrogen) atoms. The summed E-state index contributed by atoms with van der Waals surface area (Å²) in [6, 6.07) is 18.8. The largest absolute Gasteiger partial charge is 0.344 e. The highest BCUT2D eigenvalue weighted by Gasteiger charge is 2.37. The molecule has 5 rings (SSSR count). The van der Waals surface area contributed by atoms with E-state index in [1.807, 2.05) is 41.3 Å². The number of nitrogens with one attached hydrogen (secondary N) is 2. The summed E-state index contributed by atoms with van der Waals surface area (Å²) in [6.45, 7) is 10.3. The van der Waals surface area contributed by atoms with Gasteiger partial charge in [-0.25, -0.2) is 0 Å². The molecular formula is C34H49N5O2. The van der Waals surface area contributed by atoms with Crippen LogP contribution in [0.5, 0.6) is 0 Å². The van der Waals surface area contributed by atoms with Crippen LogP contribution in [0, 0.1) is 5.92 Å². The predicted molar refractivity (Wildman–Crippen MR) is 165 cm³/mol. The van der Waals surface area contributed by atoms with E-state index >= 15 is 0 Å². The Morgan fingerprint density at radius 2 is 1.68 bits per heavy atom. The quantitative estimate of drug-likeness (QED) is 0.465. The molecule has 2 unspecified atom stereocenters. The topological polar surface area (TPSA) is 67.9 Å². The van der Waals surface area contributed by atoms with Gasteiger partial charge >= 0.3 is 0 Å². The fourth-order valence-electron chi connectivity index (χ4n) is 7.04. The van der Waals surface area contributed by atoms with E-state index in [2.05, 4.69) is 59.5 Å². The maximum Gasteiger partial charge on any atom is 0.245 e. The summed E-state index contributed by atoms with van der Waals surface area (Å²) in [4.78, 5) is 34.6. The standard InChI is InChI=1S/C34H49N5O2/c1-25(2)23-39(28-14-18-37(3)19-15-28)29-16-20-38(24-29)34(41)32(21-26-9-5-4-6-10-26)36-33(40)22-31-30-12-8-7-11-27(30)13-17-35-31/h4-12,25,28-29,31-32,35H,13-24H2,1-3H3,(H,36,40)/t29?,31?,32-/m1/s1. The minimum Gasteiger partial charge on any atom is -0.344 e. The van der Waals surface area contributed by atoms with Gasteiger partial charge in [0.15, 0.2) is 0 Å². The molecule has 0 bridgehead atoms. The Balaban J connectivity index is 1.27. The first-order valence-electron chi connectivity index (χ1n) is 15.7. The molecule has 0 aliphatic carbocycles. The predicted octanol–water partition coefficient (Wildman–Crippen LogP) is 3.64. The van der Waals surface area contributed by atoms with E-state index in [1.165, 1.54) is 24.0 Å². The van der Waals surface area contributed by atoms with Gasteiger partial charge in [-0.3, -0.25) is 14.5 Å². The first-order chi connectivity index (χ1) is 19.9. The fraction of sp³-hybridized carbons (Fsp3) is 0.588. The number of rotatable bonds is 10. The van der Waals surface area contributed by atoms with Crippen molar-refractivity contribution in [1.29, 1.82) is 0 Å². The van der Waals surface area contributed by atoms with Crippen molar-refractivity contribution in [3.05, 3.63) is 71.3 Å². The second-order valence-electron chi connectivity index (χ2n) is 12.8. The molecule has 2 aromatic rings. The minimum atomic E-state index is -0.565. The zero-order chi connectivity index (χ0) is 28.8. The Hall–Kier alpha value is -2.74. The average molecular weight is 560 g/mol. The van der Waals surface area contributed by atoms with Gasteiger partial charge in [0.25, 0.3) is 0 Å². The third kappa shape index (κ3) is 7.76. The van der Waals surface area contributed by atoms with Gasteiger partial charge in [-0.05, 0) is 75.0 Å². The van der Waals surface area contributed by atoms with Crippen molar-refractivity contribution in [2.75, 3.05) is 46.3 Å². The highest BCUT2D eigenvalue weighted by atomic mass is 16.2. The maximum absolute atomic E-state index is 14.1. The summed E-state index contributed by atoms with van der Waals surface area (Å²) in [5.74, 6) is 0.564. The zero-order valence-electron chi connectivity index (χ0n) is 25.2. The molecule has 0 spiro atoms. The van der Waals surface area contributed by atoms with E-state index in [-0.39, 0.29) is 17.9 Å². The van der Waals surface area contributed by atoms with Crippen LogP contribution in [0.3, 0.4) is 0 Å². The molecule has 7 nitrogen and oxygen atoms in total. The normalized spacial score (nSPS) is 22.6. The van der Waals surface area contributed by atoms with Crippen molar-refractivity contribution in [1.82, 2.24) is 25.3 Å². The van der Waals surface area contributed by atoms with Crippen molar-refractivity contribution < 1.29 is 9.59 Å². The second-order valence-corrected chi connectivity index (χ2v) is 12.8. The minimum absolute atomic E-state index is 0.0253. The van der Waals surface area contributed by atoms with Gasteiger partial charge in [-0.1, -0.05) is 68.4 Å². The number of amides is 2. The van der Waals surface area contributed by atoms with E-state index in [9.17, 15) is 9.59 Å². The average Bonchev–Trinajstić information content (AvgIpc) is 3.46. The van der Waals surface area contributed by atoms with E-state index < -0.39 is 6.04 Å². The van der Waals surface area contributed by atoms with Crippen LogP contribution < -0.4 is 10.6 Å². The molecule has 7 heteroatoms. The van der Waals surface area contributed by atoms with Crippen LogP contribution in [0.2, 0.25) is 0 Å². The molecule has 2 fully saturated rings. The molecule has 3 atom stereocenters. The molecule has 2 amide bonds. The van der Waals surface area contributed by atoms with Gasteiger partial charge in [0.2, 0.25) is 11.8 Å². The summed E-state index contributed by atoms with van der Waals surface area (Å²) in [7, 11) is 2.21. The van der Waals surface area contributed by atoms with Crippen molar-refractivity contribution in [3.8, 4) is 0 Å². The number of carbonyl (C=O) groups excluding carboxylic acids is 2. The van der Waals surface area contributed by atoms with E-state index in [4.69, 9.17) is 0 Å². The van der Waals surface area contributed by atoms with Crippen LogP contribution in [0.4, 0.5) is 0 Å². The second kappa shape index (κ2) is 14.0. The van der Waals surface area contributed by atoms with E-state index in [0.717, 1.165) is 57.7 Å². The Bertz CT molecular complexity index is 1150. The number of benzene rings is 2. The molecule has 222 valence electrons. The molecule has 3 aliphatic rings. The first-order valence-corrected chi connectivity index (χ1v) is 15.7. The summed E-state index contributed by atoms with van der Waals surface area (Å²) >= 11 is 0. The lowest BCUT2D eigenvalue weighted by Crippen LogP contribution is -2.52. The Kier molecular flexibility index (Phi) is 10.1. The summed E-state index contributed by atoms with van der Waals surface area (Å²) < 4.78 is 0. The maximum atomic E-state index is 14.1. The molecular weight excluding hydrogens is 510 g/mol. The van der Waals surface area contributed by atoms with Crippen LogP contribution in [-0.4, -0.2) is 91.0 Å². The third-order valence-electron chi connectivity index (χ3n) is 9.20. The molecule has 0 aromatic heterocycles. The van der Waals surface area contributed by atoms with Crippen LogP contribution in [0.25, 0.3) is 0 Å². The number of hydrogen-bond acceptors (Lipinski definition) is 5. The van der Waals surface area contributed by atoms with E-state index in [0.29, 0.717) is 30.8 Å². The number of nitrogens with zero attached hydrogens (tertiary/aromatic N) is 3. The molecule has 3 aliphatic heterocycles. The lowest BCUT2D eigenvalue weighted by molar-refractivity contribution is -0.136. The number of fused-ring (bicyclic) bond motifs is 1. The lowest BCUT2D eigenvalue weighted by Gasteiger charge is -2.41. The van der Waals surface area contributed by atoms with Crippen molar-refractivity contribution >= 4 is 11.8 Å². The number of piperidine rings is 1. The molecule has 2 aromatic carbocycles. The van der Waals surface area contributed by atoms with Gasteiger partial charge < -0.3 is 20.4 Å². The number of carbonyl (C=O) groups is 2. The summed E-state index contributed by atoms with van der Waals surface area (Å²) in [6.07, 6.45) is 5.20. The van der Waals surface area contributed by atoms with Gasteiger partial charge in [-0.2, -0.15) is 0 Å². The van der Waals surface area contributed by atoms with Gasteiger partial charge in [0.1, 0.15) is 6.04 Å². The van der Waals surface area contributed by atoms with Gasteiger partial charge in [0.05, 0.1) is 0 Å². The van der Waals surface area contributed by atoms with Crippen molar-refractivity contribution in [2.24, 2.45) is 5.92 Å². The van der Waals surface area contributed by atoms with Crippen LogP contribution >= 0.6 is 0 Å². The molecule has 0 saturated carbocycles. The Labute approximate surface area is 246 Å². The van der Waals surface area contributed by atoms with Crippen LogP contribution in [-0.2, 0) is 22.4 Å². The monoisotopic (exact) mass is 559 g/mol. The molecule has 2 N–H and O–H groups in total. The molecule has 0 radical (unpaired) electrons. The van der Waals surface area contributed by atoms with Crippen LogP contribution in [0.1, 0.15) is 62.3 Å². The molecule has 3 heterocycles. The van der Waals surface area contributed by atoms with Crippen molar-refractivity contribution in [2.45, 2.75) is 76.5 Å². The number of likely N-dealkylation sites (tertiary alicyclic amines) is 2. The van der Waals surface area contributed by atoms with Gasteiger partial charge in [0, 0.05) is 50.6 Å². The van der Waals surface area contributed by atoms with E-state index in [1.54, 1.807) is 0 Å². The third-order valence-corrected chi connectivity index (χ3v) is 9.20. The smallest absolute Gasteiger partial charge is 0.245 e. The lowest BCUT2D eigenvalue weighted by atomic mass is 9.92. The Morgan fingerprint density at radius 3 is 2.44 bits per heavy atom. The van der Waals surface area contributed by atoms with Crippen molar-refractivity contribution in [3.63, 3.8) is 0 Å². The Morgan fingerprint density at radius 1 is 0.976 bits per heavy atom. The SMILES string of the molecule is CC(C)CN(C1CCN(C)CC1)C1CCN(C(=O)[C@@H](Cc2ccccc2)NC(=O)CC2NCCc3ccccc32)C1. The zero-order valence-corrected chi connectivity index (χ0v) is 25.2. The highest BCUT2D eigenvalue weighted by Crippen LogP contribution is 2.27. The molecule has 2 saturated heterocycles. The highest BCUT2D eigenvalue weighted by molar-refractivity contribution is 5.88. The first kappa shape index (κ1) is 29.7. The number of hydrogen-bond donors (Lipinski definition) is 2. The summed E-state index contributed by atoms with van der Waals surface area (Å²) in [5.41, 5.74) is 3.57. The van der Waals surface area contributed by atoms with Gasteiger partial charge in [-0.15, -0.1) is 0 Å². The van der Waals surface area contributed by atoms with Crippen LogP contribution in [0.15, 0.2) is 54.6 Å². The summed E-state index contributed by atoms with van der Waals surface area (Å²) in [5, 5.41) is 6.69.